The summed E-state index contributed by atoms with van der Waals surface area (Å²) in [7, 11) is 0. The lowest BCUT2D eigenvalue weighted by atomic mass is 10.0. The molecule has 0 radical (unpaired) electrons. The maximum Gasteiger partial charge on any atom is 0.238 e. The van der Waals surface area contributed by atoms with Crippen LogP contribution in [-0.2, 0) is 4.79 Å². The van der Waals surface area contributed by atoms with Crippen LogP contribution in [0, 0.1) is 27.7 Å². The molecule has 1 fully saturated rings. The minimum absolute atomic E-state index is 0.000629. The van der Waals surface area contributed by atoms with Gasteiger partial charge in [-0.15, -0.1) is 0 Å². The van der Waals surface area contributed by atoms with Gasteiger partial charge in [0.2, 0.25) is 5.91 Å². The first-order valence-corrected chi connectivity index (χ1v) is 11.2. The molecule has 1 aliphatic rings. The first-order chi connectivity index (χ1) is 15.1. The molecule has 1 aliphatic heterocycles. The van der Waals surface area contributed by atoms with Crippen molar-refractivity contribution in [2.45, 2.75) is 47.6 Å². The molecule has 0 spiro atoms. The summed E-state index contributed by atoms with van der Waals surface area (Å²) in [5, 5.41) is 3.04. The molecule has 1 unspecified atom stereocenters. The van der Waals surface area contributed by atoms with Crippen LogP contribution in [0.2, 0.25) is 0 Å². The van der Waals surface area contributed by atoms with E-state index in [9.17, 15) is 14.4 Å². The number of Topliss-reactive ketones (excluding diaryl/α,β-unsaturated/α-hetero) is 2. The van der Waals surface area contributed by atoms with Crippen LogP contribution in [-0.4, -0.2) is 71.0 Å². The Morgan fingerprint density at radius 3 is 2.16 bits per heavy atom. The molecule has 1 amide bonds. The Labute approximate surface area is 190 Å². The van der Waals surface area contributed by atoms with Crippen molar-refractivity contribution in [2.75, 3.05) is 38.0 Å². The zero-order chi connectivity index (χ0) is 23.6. The van der Waals surface area contributed by atoms with Crippen LogP contribution in [0.25, 0.3) is 0 Å². The van der Waals surface area contributed by atoms with Crippen molar-refractivity contribution in [1.82, 2.24) is 14.8 Å². The molecule has 0 aliphatic carbocycles. The number of nitrogens with one attached hydrogen (secondary N) is 2. The third-order valence-electron chi connectivity index (χ3n) is 6.48. The van der Waals surface area contributed by atoms with Crippen LogP contribution in [0.4, 0.5) is 5.69 Å². The molecule has 0 saturated carbocycles. The van der Waals surface area contributed by atoms with Gasteiger partial charge < -0.3 is 10.3 Å². The number of amides is 1. The van der Waals surface area contributed by atoms with E-state index in [0.29, 0.717) is 30.9 Å². The number of hydrogen-bond acceptors (Lipinski definition) is 5. The van der Waals surface area contributed by atoms with Crippen molar-refractivity contribution in [3.8, 4) is 0 Å². The fourth-order valence-corrected chi connectivity index (χ4v) is 4.60. The molecule has 7 nitrogen and oxygen atoms in total. The summed E-state index contributed by atoms with van der Waals surface area (Å²) < 4.78 is 0. The fourth-order valence-electron chi connectivity index (χ4n) is 4.60. The number of nitrogens with zero attached hydrogens (tertiary/aromatic N) is 2. The highest BCUT2D eigenvalue weighted by atomic mass is 16.2. The molecule has 2 heterocycles. The maximum atomic E-state index is 13.1. The Balaban J connectivity index is 1.56. The van der Waals surface area contributed by atoms with Gasteiger partial charge in [-0.3, -0.25) is 24.2 Å². The average Bonchev–Trinajstić information content (AvgIpc) is 3.04. The number of rotatable bonds is 7. The molecule has 32 heavy (non-hydrogen) atoms. The van der Waals surface area contributed by atoms with Crippen molar-refractivity contribution < 1.29 is 14.4 Å². The lowest BCUT2D eigenvalue weighted by Gasteiger charge is -2.37. The molecular formula is C25H34N4O3. The molecular weight excluding hydrogens is 404 g/mol. The second kappa shape index (κ2) is 9.79. The number of para-hydroxylation sites is 1. The molecule has 0 bridgehead atoms. The molecule has 2 aromatic rings. The standard InChI is InChI=1S/C25H34N4O3/c1-15-8-7-9-16(2)23(15)27-21(31)14-28-10-12-29(13-11-28)19(5)25(32)24-17(3)22(20(6)30)18(4)26-24/h7-9,19,26H,10-14H2,1-6H3,(H,27,31). The van der Waals surface area contributed by atoms with Crippen LogP contribution in [0.15, 0.2) is 18.2 Å². The predicted molar refractivity (Wildman–Crippen MR) is 127 cm³/mol. The van der Waals surface area contributed by atoms with E-state index in [1.165, 1.54) is 6.92 Å². The Morgan fingerprint density at radius 2 is 1.62 bits per heavy atom. The van der Waals surface area contributed by atoms with E-state index < -0.39 is 0 Å². The Kier molecular flexibility index (Phi) is 7.31. The average molecular weight is 439 g/mol. The van der Waals surface area contributed by atoms with E-state index in [0.717, 1.165) is 41.2 Å². The monoisotopic (exact) mass is 438 g/mol. The normalized spacial score (nSPS) is 16.1. The highest BCUT2D eigenvalue weighted by molar-refractivity contribution is 6.05. The van der Waals surface area contributed by atoms with Gasteiger partial charge >= 0.3 is 0 Å². The summed E-state index contributed by atoms with van der Waals surface area (Å²) in [5.41, 5.74) is 5.60. The van der Waals surface area contributed by atoms with Gasteiger partial charge in [0.05, 0.1) is 18.3 Å². The molecule has 1 saturated heterocycles. The number of anilines is 1. The number of H-pyrrole nitrogens is 1. The van der Waals surface area contributed by atoms with Gasteiger partial charge in [-0.05, 0) is 58.2 Å². The zero-order valence-corrected chi connectivity index (χ0v) is 20.0. The molecule has 1 atom stereocenters. The molecule has 3 rings (SSSR count). The molecule has 1 aromatic carbocycles. The lowest BCUT2D eigenvalue weighted by Crippen LogP contribution is -2.53. The van der Waals surface area contributed by atoms with Crippen molar-refractivity contribution in [3.05, 3.63) is 51.8 Å². The Bertz CT molecular complexity index is 1010. The third kappa shape index (κ3) is 5.00. The number of aryl methyl sites for hydroxylation is 3. The van der Waals surface area contributed by atoms with E-state index in [2.05, 4.69) is 20.1 Å². The molecule has 7 heteroatoms. The van der Waals surface area contributed by atoms with Gasteiger partial charge in [0, 0.05) is 43.1 Å². The third-order valence-corrected chi connectivity index (χ3v) is 6.48. The number of benzene rings is 1. The van der Waals surface area contributed by atoms with Gasteiger partial charge in [-0.25, -0.2) is 0 Å². The number of hydrogen-bond donors (Lipinski definition) is 2. The summed E-state index contributed by atoms with van der Waals surface area (Å²) in [5.74, 6) is -0.0516. The highest BCUT2D eigenvalue weighted by Gasteiger charge is 2.30. The number of piperazine rings is 1. The van der Waals surface area contributed by atoms with Gasteiger partial charge in [0.25, 0.3) is 0 Å². The number of carbonyl (C=O) groups excluding carboxylic acids is 3. The SMILES string of the molecule is CC(=O)c1c(C)[nH]c(C(=O)C(C)N2CCN(CC(=O)Nc3c(C)cccc3C)CC2)c1C. The van der Waals surface area contributed by atoms with Crippen LogP contribution >= 0.6 is 0 Å². The van der Waals surface area contributed by atoms with Gasteiger partial charge in [0.15, 0.2) is 11.6 Å². The number of aromatic nitrogens is 1. The van der Waals surface area contributed by atoms with Crippen LogP contribution in [0.3, 0.4) is 0 Å². The van der Waals surface area contributed by atoms with Crippen molar-refractivity contribution in [1.29, 1.82) is 0 Å². The molecule has 172 valence electrons. The summed E-state index contributed by atoms with van der Waals surface area (Å²) in [6.07, 6.45) is 0. The van der Waals surface area contributed by atoms with E-state index in [1.54, 1.807) is 0 Å². The molecule has 2 N–H and O–H groups in total. The van der Waals surface area contributed by atoms with E-state index >= 15 is 0 Å². The topological polar surface area (TPSA) is 85.5 Å². The van der Waals surface area contributed by atoms with Gasteiger partial charge in [0.1, 0.15) is 0 Å². The van der Waals surface area contributed by atoms with Crippen LogP contribution in [0.5, 0.6) is 0 Å². The van der Waals surface area contributed by atoms with Gasteiger partial charge in [-0.2, -0.15) is 0 Å². The first kappa shape index (κ1) is 23.9. The largest absolute Gasteiger partial charge is 0.355 e. The van der Waals surface area contributed by atoms with Crippen LogP contribution < -0.4 is 5.32 Å². The van der Waals surface area contributed by atoms with E-state index in [1.807, 2.05) is 52.8 Å². The van der Waals surface area contributed by atoms with Crippen molar-refractivity contribution in [3.63, 3.8) is 0 Å². The smallest absolute Gasteiger partial charge is 0.238 e. The van der Waals surface area contributed by atoms with Gasteiger partial charge in [-0.1, -0.05) is 18.2 Å². The van der Waals surface area contributed by atoms with Crippen molar-refractivity contribution >= 4 is 23.2 Å². The minimum atomic E-state index is -0.294. The zero-order valence-electron chi connectivity index (χ0n) is 20.0. The van der Waals surface area contributed by atoms with E-state index in [4.69, 9.17) is 0 Å². The summed E-state index contributed by atoms with van der Waals surface area (Å²) >= 11 is 0. The molecule has 1 aromatic heterocycles. The number of ketones is 2. The maximum absolute atomic E-state index is 13.1. The summed E-state index contributed by atoms with van der Waals surface area (Å²) in [6.45, 7) is 14.3. The first-order valence-electron chi connectivity index (χ1n) is 11.2. The predicted octanol–water partition coefficient (Wildman–Crippen LogP) is 3.28. The quantitative estimate of drug-likeness (QED) is 0.648. The number of carbonyl (C=O) groups is 3. The lowest BCUT2D eigenvalue weighted by molar-refractivity contribution is -0.117. The van der Waals surface area contributed by atoms with E-state index in [-0.39, 0.29) is 23.5 Å². The Morgan fingerprint density at radius 1 is 1.03 bits per heavy atom. The second-order valence-electron chi connectivity index (χ2n) is 8.85. The highest BCUT2D eigenvalue weighted by Crippen LogP contribution is 2.22. The van der Waals surface area contributed by atoms with Crippen molar-refractivity contribution in [2.24, 2.45) is 0 Å². The Hall–Kier alpha value is -2.77. The fraction of sp³-hybridized carbons (Fsp3) is 0.480. The minimum Gasteiger partial charge on any atom is -0.355 e. The second-order valence-corrected chi connectivity index (χ2v) is 8.85. The van der Waals surface area contributed by atoms with Crippen LogP contribution in [0.1, 0.15) is 57.1 Å². The number of aromatic amines is 1. The summed E-state index contributed by atoms with van der Waals surface area (Å²) in [4.78, 5) is 45.0. The summed E-state index contributed by atoms with van der Waals surface area (Å²) in [6, 6.07) is 5.68.